The molecule has 72 heavy (non-hydrogen) atoms. The van der Waals surface area contributed by atoms with Crippen LogP contribution in [0.5, 0.6) is 0 Å². The number of benzene rings is 6. The van der Waals surface area contributed by atoms with E-state index in [0.29, 0.717) is 24.2 Å². The van der Waals surface area contributed by atoms with Gasteiger partial charge < -0.3 is 20.3 Å². The molecule has 2 saturated heterocycles. The summed E-state index contributed by atoms with van der Waals surface area (Å²) in [6, 6.07) is 43.5. The number of likely N-dealkylation sites (tertiary alicyclic amines) is 2. The van der Waals surface area contributed by atoms with Crippen molar-refractivity contribution < 1.29 is 23.9 Å². The number of rotatable bonds is 11. The van der Waals surface area contributed by atoms with Crippen LogP contribution in [0.1, 0.15) is 70.4 Å². The summed E-state index contributed by atoms with van der Waals surface area (Å²) in [6.07, 6.45) is 10.2. The molecule has 2 N–H and O–H groups in total. The van der Waals surface area contributed by atoms with Crippen molar-refractivity contribution in [2.45, 2.75) is 51.6 Å². The Balaban J connectivity index is 0.000000178. The third kappa shape index (κ3) is 11.1. The number of carbonyl (C=O) groups is 4. The van der Waals surface area contributed by atoms with Crippen LogP contribution in [0, 0.1) is 0 Å². The number of esters is 1. The van der Waals surface area contributed by atoms with E-state index in [1.165, 1.54) is 7.11 Å². The maximum atomic E-state index is 13.6. The molecule has 2 fully saturated rings. The second kappa shape index (κ2) is 22.3. The van der Waals surface area contributed by atoms with Gasteiger partial charge in [-0.25, -0.2) is 14.4 Å². The minimum Gasteiger partial charge on any atom is -0.465 e. The first-order valence-electron chi connectivity index (χ1n) is 24.7. The molecule has 0 radical (unpaired) electrons. The SMILES string of the molecule is COC(=O)c1ccc(CN(C(=O)N2CCCCC2)c2ccc(-c3ccc4cnn(C)c4c3)cc2)cc1.Cn1ncc2ccc(-c3ccc(N(Cc4ccc(C(=O)CN)cc4)C(=O)N4CCCCC4)cc3)cc21. The number of aryl methyl sites for hydroxylation is 2. The summed E-state index contributed by atoms with van der Waals surface area (Å²) in [5.74, 6) is -0.467. The van der Waals surface area contributed by atoms with Crippen LogP contribution in [0.15, 0.2) is 146 Å². The van der Waals surface area contributed by atoms with E-state index in [9.17, 15) is 19.2 Å². The van der Waals surface area contributed by atoms with E-state index in [1.54, 1.807) is 24.3 Å². The number of ketones is 1. The summed E-state index contributed by atoms with van der Waals surface area (Å²) in [4.78, 5) is 58.5. The van der Waals surface area contributed by atoms with Crippen molar-refractivity contribution >= 4 is 57.0 Å². The molecule has 2 aliphatic heterocycles. The average molecular weight is 964 g/mol. The lowest BCUT2D eigenvalue weighted by Crippen LogP contribution is -2.45. The molecular weight excluding hydrogens is 903 g/mol. The summed E-state index contributed by atoms with van der Waals surface area (Å²) in [6.45, 7) is 3.94. The van der Waals surface area contributed by atoms with Crippen molar-refractivity contribution in [1.82, 2.24) is 29.4 Å². The number of urea groups is 2. The fraction of sp³-hybridized carbons (Fsp3) is 0.276. The molecule has 2 aromatic heterocycles. The third-order valence-electron chi connectivity index (χ3n) is 13.8. The molecule has 0 saturated carbocycles. The van der Waals surface area contributed by atoms with Crippen LogP contribution in [0.2, 0.25) is 0 Å². The van der Waals surface area contributed by atoms with Crippen LogP contribution in [0.25, 0.3) is 44.1 Å². The fourth-order valence-corrected chi connectivity index (χ4v) is 9.51. The molecule has 0 spiro atoms. The van der Waals surface area contributed by atoms with Crippen molar-refractivity contribution in [2.24, 2.45) is 19.8 Å². The Kier molecular flexibility index (Phi) is 15.2. The summed E-state index contributed by atoms with van der Waals surface area (Å²) >= 11 is 0. The van der Waals surface area contributed by atoms with E-state index in [1.807, 2.05) is 104 Å². The number of piperidine rings is 2. The summed E-state index contributed by atoms with van der Waals surface area (Å²) < 4.78 is 8.55. The lowest BCUT2D eigenvalue weighted by atomic mass is 10.0. The molecule has 10 rings (SSSR count). The standard InChI is InChI=1S/C29H31N5O2.C29H30N4O3/c1-32-27-17-24(9-10-25(27)19-31-32)22-11-13-26(14-12-22)34(29(36)33-15-3-2-4-16-33)20-21-5-7-23(8-6-21)28(35)18-30;1-31-27-18-24(10-11-25(27)19-30-31)22-12-14-26(15-13-22)33(29(35)32-16-4-3-5-17-32)20-21-6-8-23(9-7-21)28(34)36-2/h5-14,17,19H,2-4,15-16,18,20,30H2,1H3;6-15,18-19H,3-5,16-17,20H2,1-2H3. The van der Waals surface area contributed by atoms with Crippen LogP contribution >= 0.6 is 0 Å². The molecule has 0 aliphatic carbocycles. The number of fused-ring (bicyclic) bond motifs is 2. The minimum atomic E-state index is -0.373. The number of carbonyl (C=O) groups excluding carboxylic acids is 4. The van der Waals surface area contributed by atoms with Crippen molar-refractivity contribution in [2.75, 3.05) is 49.6 Å². The van der Waals surface area contributed by atoms with Crippen molar-refractivity contribution in [3.05, 3.63) is 168 Å². The van der Waals surface area contributed by atoms with Crippen molar-refractivity contribution in [1.29, 1.82) is 0 Å². The number of nitrogens with zero attached hydrogens (tertiary/aromatic N) is 8. The van der Waals surface area contributed by atoms with E-state index >= 15 is 0 Å². The first-order chi connectivity index (χ1) is 35.1. The molecule has 4 heterocycles. The summed E-state index contributed by atoms with van der Waals surface area (Å²) in [7, 11) is 5.25. The van der Waals surface area contributed by atoms with E-state index < -0.39 is 0 Å². The van der Waals surface area contributed by atoms with Gasteiger partial charge in [0.05, 0.1) is 55.7 Å². The number of ether oxygens (including phenoxy) is 1. The molecule has 0 atom stereocenters. The zero-order valence-corrected chi connectivity index (χ0v) is 41.2. The van der Waals surface area contributed by atoms with Gasteiger partial charge in [0.2, 0.25) is 0 Å². The van der Waals surface area contributed by atoms with Gasteiger partial charge in [0.1, 0.15) is 0 Å². The maximum absolute atomic E-state index is 13.6. The second-order valence-electron chi connectivity index (χ2n) is 18.5. The molecule has 4 amide bonds. The molecule has 8 aromatic rings. The van der Waals surface area contributed by atoms with Gasteiger partial charge >= 0.3 is 18.0 Å². The Morgan fingerprint density at radius 1 is 0.514 bits per heavy atom. The quantitative estimate of drug-likeness (QED) is 0.0993. The molecule has 2 aliphatic rings. The molecule has 0 unspecified atom stereocenters. The number of hydrogen-bond donors (Lipinski definition) is 1. The van der Waals surface area contributed by atoms with Gasteiger partial charge in [-0.05, 0) is 120 Å². The zero-order chi connectivity index (χ0) is 50.1. The molecule has 368 valence electrons. The third-order valence-corrected chi connectivity index (χ3v) is 13.8. The molecule has 6 aromatic carbocycles. The summed E-state index contributed by atoms with van der Waals surface area (Å²) in [5, 5.41) is 10.9. The van der Waals surface area contributed by atoms with E-state index in [2.05, 4.69) is 70.9 Å². The van der Waals surface area contributed by atoms with E-state index in [-0.39, 0.29) is 30.4 Å². The fourth-order valence-electron chi connectivity index (χ4n) is 9.51. The Morgan fingerprint density at radius 2 is 0.903 bits per heavy atom. The van der Waals surface area contributed by atoms with Gasteiger partial charge in [-0.2, -0.15) is 10.2 Å². The highest BCUT2D eigenvalue weighted by atomic mass is 16.5. The van der Waals surface area contributed by atoms with Gasteiger partial charge in [-0.3, -0.25) is 24.0 Å². The number of nitrogens with two attached hydrogens (primary N) is 1. The maximum Gasteiger partial charge on any atom is 0.337 e. The minimum absolute atomic E-state index is 0.01000. The molecular formula is C58H61N9O5. The number of anilines is 2. The van der Waals surface area contributed by atoms with Crippen LogP contribution in [0.3, 0.4) is 0 Å². The second-order valence-corrected chi connectivity index (χ2v) is 18.5. The lowest BCUT2D eigenvalue weighted by Gasteiger charge is -2.33. The number of methoxy groups -OCH3 is 1. The normalized spacial score (nSPS) is 13.6. The molecule has 14 heteroatoms. The van der Waals surface area contributed by atoms with Gasteiger partial charge in [0, 0.05) is 68.0 Å². The van der Waals surface area contributed by atoms with E-state index in [4.69, 9.17) is 10.5 Å². The monoisotopic (exact) mass is 963 g/mol. The number of aromatic nitrogens is 4. The largest absolute Gasteiger partial charge is 0.465 e. The smallest absolute Gasteiger partial charge is 0.337 e. The summed E-state index contributed by atoms with van der Waals surface area (Å²) in [5.41, 5.74) is 16.7. The Labute approximate surface area is 420 Å². The van der Waals surface area contributed by atoms with Gasteiger partial charge in [0.15, 0.2) is 5.78 Å². The first kappa shape index (κ1) is 48.9. The van der Waals surface area contributed by atoms with Gasteiger partial charge in [0.25, 0.3) is 0 Å². The van der Waals surface area contributed by atoms with E-state index in [0.717, 1.165) is 131 Å². The van der Waals surface area contributed by atoms with Crippen LogP contribution < -0.4 is 15.5 Å². The van der Waals surface area contributed by atoms with Crippen molar-refractivity contribution in [3.63, 3.8) is 0 Å². The highest BCUT2D eigenvalue weighted by Crippen LogP contribution is 2.31. The molecule has 0 bridgehead atoms. The van der Waals surface area contributed by atoms with Gasteiger partial charge in [-0.1, -0.05) is 84.9 Å². The first-order valence-corrected chi connectivity index (χ1v) is 24.7. The number of amides is 4. The average Bonchev–Trinajstić information content (AvgIpc) is 4.01. The van der Waals surface area contributed by atoms with Crippen molar-refractivity contribution in [3.8, 4) is 22.3 Å². The van der Waals surface area contributed by atoms with Crippen LogP contribution in [0.4, 0.5) is 21.0 Å². The van der Waals surface area contributed by atoms with Crippen LogP contribution in [-0.2, 0) is 31.9 Å². The molecule has 14 nitrogen and oxygen atoms in total. The Bertz CT molecular complexity index is 2950. The predicted molar refractivity (Wildman–Crippen MR) is 284 cm³/mol. The highest BCUT2D eigenvalue weighted by Gasteiger charge is 2.26. The Morgan fingerprint density at radius 3 is 1.29 bits per heavy atom. The number of hydrogen-bond acceptors (Lipinski definition) is 8. The zero-order valence-electron chi connectivity index (χ0n) is 41.2. The topological polar surface area (TPSA) is 152 Å². The predicted octanol–water partition coefficient (Wildman–Crippen LogP) is 10.6. The van der Waals surface area contributed by atoms with Gasteiger partial charge in [-0.15, -0.1) is 0 Å². The Hall–Kier alpha value is -8.10. The highest BCUT2D eigenvalue weighted by molar-refractivity contribution is 5.98. The lowest BCUT2D eigenvalue weighted by molar-refractivity contribution is 0.0600. The van der Waals surface area contributed by atoms with Crippen LogP contribution in [-0.4, -0.2) is 93.0 Å². The number of Topliss-reactive ketones (excluding diaryl/α,β-unsaturated/α-hetero) is 1.